The Hall–Kier alpha value is -3.14. The van der Waals surface area contributed by atoms with Crippen LogP contribution in [0.5, 0.6) is 0 Å². The zero-order valence-electron chi connectivity index (χ0n) is 15.6. The van der Waals surface area contributed by atoms with E-state index < -0.39 is 0 Å². The number of nitrogens with zero attached hydrogens (tertiary/aromatic N) is 5. The van der Waals surface area contributed by atoms with Crippen LogP contribution in [0.2, 0.25) is 0 Å². The molecule has 2 aliphatic heterocycles. The molecule has 4 rings (SSSR count). The summed E-state index contributed by atoms with van der Waals surface area (Å²) in [6.07, 6.45) is 2.51. The van der Waals surface area contributed by atoms with Crippen LogP contribution in [0.4, 0.5) is 16.4 Å². The van der Waals surface area contributed by atoms with Gasteiger partial charge < -0.3 is 15.1 Å². The van der Waals surface area contributed by atoms with Crippen molar-refractivity contribution in [2.75, 3.05) is 25.0 Å². The molecule has 0 unspecified atom stereocenters. The highest BCUT2D eigenvalue weighted by atomic mass is 16.2. The molecule has 7 nitrogen and oxygen atoms in total. The zero-order valence-corrected chi connectivity index (χ0v) is 15.6. The van der Waals surface area contributed by atoms with Gasteiger partial charge in [-0.1, -0.05) is 19.9 Å². The Kier molecular flexibility index (Phi) is 4.19. The third kappa shape index (κ3) is 3.56. The minimum Gasteiger partial charge on any atom is -0.324 e. The van der Waals surface area contributed by atoms with Crippen molar-refractivity contribution >= 4 is 17.7 Å². The highest BCUT2D eigenvalue weighted by Crippen LogP contribution is 2.30. The number of nitrogens with one attached hydrogen (secondary N) is 1. The lowest BCUT2D eigenvalue weighted by atomic mass is 9.85. The molecule has 0 saturated carbocycles. The number of carbonyl (C=O) groups is 1. The van der Waals surface area contributed by atoms with E-state index in [1.807, 2.05) is 21.9 Å². The largest absolute Gasteiger partial charge is 0.324 e. The molecule has 0 radical (unpaired) electrons. The van der Waals surface area contributed by atoms with Crippen molar-refractivity contribution in [3.05, 3.63) is 47.3 Å². The molecule has 3 heterocycles. The minimum atomic E-state index is 0.107. The first kappa shape index (κ1) is 17.3. The highest BCUT2D eigenvalue weighted by Gasteiger charge is 2.39. The Morgan fingerprint density at radius 1 is 1.30 bits per heavy atom. The molecular formula is C20H22N6O. The normalized spacial score (nSPS) is 17.5. The van der Waals surface area contributed by atoms with Crippen LogP contribution in [0, 0.1) is 16.7 Å². The van der Waals surface area contributed by atoms with Gasteiger partial charge in [-0.2, -0.15) is 5.26 Å². The van der Waals surface area contributed by atoms with E-state index in [0.29, 0.717) is 31.0 Å². The number of amides is 2. The summed E-state index contributed by atoms with van der Waals surface area (Å²) in [5.41, 5.74) is 3.56. The summed E-state index contributed by atoms with van der Waals surface area (Å²) in [6.45, 7) is 7.21. The van der Waals surface area contributed by atoms with Crippen molar-refractivity contribution in [2.45, 2.75) is 26.8 Å². The van der Waals surface area contributed by atoms with E-state index in [0.717, 1.165) is 30.0 Å². The fourth-order valence-electron chi connectivity index (χ4n) is 3.66. The van der Waals surface area contributed by atoms with Crippen LogP contribution < -0.4 is 5.32 Å². The van der Waals surface area contributed by atoms with Crippen LogP contribution in [0.25, 0.3) is 0 Å². The maximum Gasteiger partial charge on any atom is 0.320 e. The molecule has 0 bridgehead atoms. The van der Waals surface area contributed by atoms with E-state index in [9.17, 15) is 4.79 Å². The number of nitriles is 1. The van der Waals surface area contributed by atoms with Gasteiger partial charge in [0.2, 0.25) is 5.95 Å². The van der Waals surface area contributed by atoms with Gasteiger partial charge in [0.25, 0.3) is 0 Å². The van der Waals surface area contributed by atoms with E-state index >= 15 is 0 Å². The van der Waals surface area contributed by atoms with Gasteiger partial charge in [0.05, 0.1) is 23.9 Å². The Morgan fingerprint density at radius 2 is 2.11 bits per heavy atom. The van der Waals surface area contributed by atoms with Gasteiger partial charge in [0.1, 0.15) is 0 Å². The quantitative estimate of drug-likeness (QED) is 0.888. The summed E-state index contributed by atoms with van der Waals surface area (Å²) in [5.74, 6) is 0.508. The van der Waals surface area contributed by atoms with Gasteiger partial charge in [-0.3, -0.25) is 0 Å². The first-order chi connectivity index (χ1) is 12.9. The molecule has 1 aromatic heterocycles. The molecule has 0 aliphatic carbocycles. The van der Waals surface area contributed by atoms with Crippen molar-refractivity contribution in [1.82, 2.24) is 19.8 Å². The van der Waals surface area contributed by atoms with Crippen molar-refractivity contribution in [3.63, 3.8) is 0 Å². The molecule has 1 aromatic carbocycles. The summed E-state index contributed by atoms with van der Waals surface area (Å²) >= 11 is 0. The summed E-state index contributed by atoms with van der Waals surface area (Å²) in [5, 5.41) is 12.1. The number of urea groups is 1. The first-order valence-corrected chi connectivity index (χ1v) is 9.09. The molecule has 7 heteroatoms. The van der Waals surface area contributed by atoms with Crippen LogP contribution >= 0.6 is 0 Å². The Labute approximate surface area is 158 Å². The van der Waals surface area contributed by atoms with Gasteiger partial charge in [0, 0.05) is 48.9 Å². The second kappa shape index (κ2) is 6.54. The second-order valence-electron chi connectivity index (χ2n) is 7.96. The number of carbonyl (C=O) groups excluding carboxylic acids is 1. The zero-order chi connectivity index (χ0) is 19.0. The standard InChI is InChI=1S/C20H22N6O/c1-20(2)12-26(13-20)19(27)25-7-6-17-15(11-25)10-22-18(24-17)23-16-5-3-4-14(8-16)9-21/h3-5,8,10H,6-7,11-13H2,1-2H3,(H,22,23,24). The van der Waals surface area contributed by atoms with E-state index in [2.05, 4.69) is 35.2 Å². The fourth-order valence-corrected chi connectivity index (χ4v) is 3.66. The molecule has 0 atom stereocenters. The number of rotatable bonds is 2. The van der Waals surface area contributed by atoms with Gasteiger partial charge in [-0.05, 0) is 18.2 Å². The number of likely N-dealkylation sites (tertiary alicyclic amines) is 1. The molecule has 1 N–H and O–H groups in total. The average molecular weight is 362 g/mol. The molecule has 1 fully saturated rings. The number of aromatic nitrogens is 2. The van der Waals surface area contributed by atoms with Gasteiger partial charge >= 0.3 is 6.03 Å². The number of benzene rings is 1. The maximum absolute atomic E-state index is 12.6. The van der Waals surface area contributed by atoms with Crippen LogP contribution in [0.1, 0.15) is 30.7 Å². The van der Waals surface area contributed by atoms with Crippen LogP contribution in [-0.2, 0) is 13.0 Å². The van der Waals surface area contributed by atoms with Crippen LogP contribution in [0.15, 0.2) is 30.5 Å². The van der Waals surface area contributed by atoms with Crippen molar-refractivity contribution in [1.29, 1.82) is 5.26 Å². The molecule has 1 saturated heterocycles. The van der Waals surface area contributed by atoms with Crippen molar-refractivity contribution in [3.8, 4) is 6.07 Å². The number of anilines is 2. The lowest BCUT2D eigenvalue weighted by molar-refractivity contribution is 0.0403. The van der Waals surface area contributed by atoms with Crippen LogP contribution in [0.3, 0.4) is 0 Å². The SMILES string of the molecule is CC1(C)CN(C(=O)N2CCc3nc(Nc4cccc(C#N)c4)ncc3C2)C1. The molecule has 2 aliphatic rings. The van der Waals surface area contributed by atoms with Crippen LogP contribution in [-0.4, -0.2) is 45.4 Å². The molecule has 27 heavy (non-hydrogen) atoms. The highest BCUT2D eigenvalue weighted by molar-refractivity contribution is 5.76. The van der Waals surface area contributed by atoms with E-state index in [4.69, 9.17) is 5.26 Å². The summed E-state index contributed by atoms with van der Waals surface area (Å²) in [6, 6.07) is 9.44. The number of hydrogen-bond donors (Lipinski definition) is 1. The summed E-state index contributed by atoms with van der Waals surface area (Å²) in [4.78, 5) is 25.4. The molecule has 0 spiro atoms. The van der Waals surface area contributed by atoms with Gasteiger partial charge in [-0.25, -0.2) is 14.8 Å². The van der Waals surface area contributed by atoms with Crippen molar-refractivity contribution < 1.29 is 4.79 Å². The predicted molar refractivity (Wildman–Crippen MR) is 101 cm³/mol. The van der Waals surface area contributed by atoms with E-state index in [1.165, 1.54) is 0 Å². The van der Waals surface area contributed by atoms with Gasteiger partial charge in [-0.15, -0.1) is 0 Å². The van der Waals surface area contributed by atoms with Crippen molar-refractivity contribution in [2.24, 2.45) is 5.41 Å². The fraction of sp³-hybridized carbons (Fsp3) is 0.400. The number of hydrogen-bond acceptors (Lipinski definition) is 5. The Balaban J connectivity index is 1.44. The maximum atomic E-state index is 12.6. The lowest BCUT2D eigenvalue weighted by Gasteiger charge is -2.47. The average Bonchev–Trinajstić information content (AvgIpc) is 2.65. The number of fused-ring (bicyclic) bond motifs is 1. The third-order valence-corrected chi connectivity index (χ3v) is 4.96. The summed E-state index contributed by atoms with van der Waals surface area (Å²) in [7, 11) is 0. The molecule has 138 valence electrons. The molecular weight excluding hydrogens is 340 g/mol. The van der Waals surface area contributed by atoms with E-state index in [1.54, 1.807) is 18.3 Å². The van der Waals surface area contributed by atoms with Gasteiger partial charge in [0.15, 0.2) is 0 Å². The molecule has 2 amide bonds. The minimum absolute atomic E-state index is 0.107. The smallest absolute Gasteiger partial charge is 0.320 e. The monoisotopic (exact) mass is 362 g/mol. The predicted octanol–water partition coefficient (Wildman–Crippen LogP) is 2.91. The second-order valence-corrected chi connectivity index (χ2v) is 7.96. The Morgan fingerprint density at radius 3 is 2.85 bits per heavy atom. The lowest BCUT2D eigenvalue weighted by Crippen LogP contribution is -2.59. The molecule has 2 aromatic rings. The first-order valence-electron chi connectivity index (χ1n) is 9.09. The topological polar surface area (TPSA) is 85.2 Å². The van der Waals surface area contributed by atoms with E-state index in [-0.39, 0.29) is 11.4 Å². The third-order valence-electron chi connectivity index (χ3n) is 4.96. The summed E-state index contributed by atoms with van der Waals surface area (Å²) < 4.78 is 0. The Bertz CT molecular complexity index is 924.